The van der Waals surface area contributed by atoms with E-state index in [4.69, 9.17) is 10.8 Å². The van der Waals surface area contributed by atoms with Gasteiger partial charge in [-0.05, 0) is 18.4 Å². The number of benzene rings is 1. The molecule has 1 amide bonds. The van der Waals surface area contributed by atoms with Crippen molar-refractivity contribution in [2.75, 3.05) is 6.54 Å². The summed E-state index contributed by atoms with van der Waals surface area (Å²) >= 11 is 0. The molecule has 1 aliphatic carbocycles. The third-order valence-electron chi connectivity index (χ3n) is 3.24. The van der Waals surface area contributed by atoms with Crippen LogP contribution in [-0.4, -0.2) is 34.5 Å². The number of hydrogen-bond acceptors (Lipinski definition) is 3. The molecular weight excluding hydrogens is 244 g/mol. The van der Waals surface area contributed by atoms with Crippen LogP contribution in [0, 0.1) is 0 Å². The molecular formula is C14H18N2O3. The second-order valence-corrected chi connectivity index (χ2v) is 4.87. The molecule has 1 aromatic carbocycles. The zero-order valence-corrected chi connectivity index (χ0v) is 10.7. The van der Waals surface area contributed by atoms with Gasteiger partial charge in [0.2, 0.25) is 5.91 Å². The maximum atomic E-state index is 12.1. The first kappa shape index (κ1) is 13.5. The standard InChI is InChI=1S/C14H18N2O3/c15-12(10-4-2-1-3-5-10)8-13(17)16(9-14(18)19)11-6-7-11/h1-5,11-12H,6-9,15H2,(H,18,19). The van der Waals surface area contributed by atoms with Crippen LogP contribution in [0.25, 0.3) is 0 Å². The average molecular weight is 262 g/mol. The minimum atomic E-state index is -0.978. The van der Waals surface area contributed by atoms with Gasteiger partial charge in [0, 0.05) is 18.5 Å². The number of carboxylic acids is 1. The van der Waals surface area contributed by atoms with Crippen molar-refractivity contribution in [1.82, 2.24) is 4.90 Å². The highest BCUT2D eigenvalue weighted by Crippen LogP contribution is 2.28. The summed E-state index contributed by atoms with van der Waals surface area (Å²) in [5.41, 5.74) is 6.88. The van der Waals surface area contributed by atoms with Gasteiger partial charge in [-0.15, -0.1) is 0 Å². The normalized spacial score (nSPS) is 15.8. The third-order valence-corrected chi connectivity index (χ3v) is 3.24. The number of amides is 1. The first-order valence-electron chi connectivity index (χ1n) is 6.39. The number of carbonyl (C=O) groups is 2. The van der Waals surface area contributed by atoms with Gasteiger partial charge in [-0.2, -0.15) is 0 Å². The summed E-state index contributed by atoms with van der Waals surface area (Å²) in [6, 6.07) is 9.08. The van der Waals surface area contributed by atoms with Gasteiger partial charge in [0.1, 0.15) is 6.54 Å². The number of rotatable bonds is 6. The molecule has 1 saturated carbocycles. The second kappa shape index (κ2) is 5.84. The molecule has 0 radical (unpaired) electrons. The maximum absolute atomic E-state index is 12.1. The zero-order valence-electron chi connectivity index (χ0n) is 10.7. The van der Waals surface area contributed by atoms with E-state index in [1.165, 1.54) is 4.90 Å². The van der Waals surface area contributed by atoms with Gasteiger partial charge in [-0.25, -0.2) is 0 Å². The van der Waals surface area contributed by atoms with E-state index in [2.05, 4.69) is 0 Å². The predicted octanol–water partition coefficient (Wildman–Crippen LogP) is 1.15. The van der Waals surface area contributed by atoms with Crippen LogP contribution in [0.15, 0.2) is 30.3 Å². The van der Waals surface area contributed by atoms with Gasteiger partial charge in [0.15, 0.2) is 0 Å². The Bertz CT molecular complexity index is 457. The van der Waals surface area contributed by atoms with Crippen LogP contribution >= 0.6 is 0 Å². The molecule has 2 rings (SSSR count). The highest BCUT2D eigenvalue weighted by molar-refractivity contribution is 5.82. The van der Waals surface area contributed by atoms with Crippen molar-refractivity contribution in [2.45, 2.75) is 31.3 Å². The molecule has 102 valence electrons. The molecule has 0 bridgehead atoms. The van der Waals surface area contributed by atoms with Crippen LogP contribution in [0.2, 0.25) is 0 Å². The molecule has 1 fully saturated rings. The fourth-order valence-electron chi connectivity index (χ4n) is 2.08. The molecule has 19 heavy (non-hydrogen) atoms. The number of nitrogens with two attached hydrogens (primary N) is 1. The van der Waals surface area contributed by atoms with Crippen molar-refractivity contribution in [2.24, 2.45) is 5.73 Å². The Hall–Kier alpha value is -1.88. The fraction of sp³-hybridized carbons (Fsp3) is 0.429. The minimum absolute atomic E-state index is 0.0894. The highest BCUT2D eigenvalue weighted by Gasteiger charge is 2.34. The van der Waals surface area contributed by atoms with Crippen molar-refractivity contribution >= 4 is 11.9 Å². The molecule has 3 N–H and O–H groups in total. The summed E-state index contributed by atoms with van der Waals surface area (Å²) in [4.78, 5) is 24.3. The van der Waals surface area contributed by atoms with Crippen molar-refractivity contribution in [3.8, 4) is 0 Å². The number of nitrogens with zero attached hydrogens (tertiary/aromatic N) is 1. The van der Waals surface area contributed by atoms with E-state index in [0.29, 0.717) is 0 Å². The van der Waals surface area contributed by atoms with Crippen LogP contribution in [0.4, 0.5) is 0 Å². The lowest BCUT2D eigenvalue weighted by Gasteiger charge is -2.22. The second-order valence-electron chi connectivity index (χ2n) is 4.87. The smallest absolute Gasteiger partial charge is 0.323 e. The summed E-state index contributed by atoms with van der Waals surface area (Å²) in [6.07, 6.45) is 1.92. The molecule has 0 aliphatic heterocycles. The van der Waals surface area contributed by atoms with Crippen molar-refractivity contribution in [3.05, 3.63) is 35.9 Å². The molecule has 1 aromatic rings. The van der Waals surface area contributed by atoms with Crippen LogP contribution in [0.3, 0.4) is 0 Å². The number of carbonyl (C=O) groups excluding carboxylic acids is 1. The van der Waals surface area contributed by atoms with E-state index < -0.39 is 5.97 Å². The molecule has 1 atom stereocenters. The zero-order chi connectivity index (χ0) is 13.8. The SMILES string of the molecule is NC(CC(=O)N(CC(=O)O)C1CC1)c1ccccc1. The van der Waals surface area contributed by atoms with E-state index >= 15 is 0 Å². The summed E-state index contributed by atoms with van der Waals surface area (Å²) in [5.74, 6) is -1.16. The van der Waals surface area contributed by atoms with E-state index in [1.54, 1.807) is 0 Å². The van der Waals surface area contributed by atoms with Gasteiger partial charge in [-0.3, -0.25) is 9.59 Å². The first-order valence-corrected chi connectivity index (χ1v) is 6.39. The Kier molecular flexibility index (Phi) is 4.16. The molecule has 0 spiro atoms. The Morgan fingerprint density at radius 1 is 1.32 bits per heavy atom. The Balaban J connectivity index is 1.97. The van der Waals surface area contributed by atoms with Crippen molar-refractivity contribution < 1.29 is 14.7 Å². The van der Waals surface area contributed by atoms with Crippen LogP contribution in [0.5, 0.6) is 0 Å². The van der Waals surface area contributed by atoms with Gasteiger partial charge < -0.3 is 15.7 Å². The summed E-state index contributed by atoms with van der Waals surface area (Å²) in [5, 5.41) is 8.84. The fourth-order valence-corrected chi connectivity index (χ4v) is 2.08. The Labute approximate surface area is 112 Å². The monoisotopic (exact) mass is 262 g/mol. The van der Waals surface area contributed by atoms with E-state index in [1.807, 2.05) is 30.3 Å². The molecule has 0 saturated heterocycles. The number of aliphatic carboxylic acids is 1. The molecule has 5 nitrogen and oxygen atoms in total. The number of hydrogen-bond donors (Lipinski definition) is 2. The average Bonchev–Trinajstić information content (AvgIpc) is 3.21. The minimum Gasteiger partial charge on any atom is -0.480 e. The molecule has 1 aliphatic rings. The number of carboxylic acid groups (broad SMARTS) is 1. The van der Waals surface area contributed by atoms with Gasteiger partial charge in [-0.1, -0.05) is 30.3 Å². The Morgan fingerprint density at radius 2 is 1.95 bits per heavy atom. The quantitative estimate of drug-likeness (QED) is 0.805. The lowest BCUT2D eigenvalue weighted by Crippen LogP contribution is -2.38. The third kappa shape index (κ3) is 3.79. The van der Waals surface area contributed by atoms with Crippen molar-refractivity contribution in [3.63, 3.8) is 0 Å². The lowest BCUT2D eigenvalue weighted by atomic mass is 10.0. The Morgan fingerprint density at radius 3 is 2.47 bits per heavy atom. The van der Waals surface area contributed by atoms with E-state index in [-0.39, 0.29) is 31.0 Å². The van der Waals surface area contributed by atoms with Gasteiger partial charge in [0.25, 0.3) is 0 Å². The van der Waals surface area contributed by atoms with Crippen LogP contribution in [-0.2, 0) is 9.59 Å². The summed E-state index contributed by atoms with van der Waals surface area (Å²) in [7, 11) is 0. The van der Waals surface area contributed by atoms with Crippen molar-refractivity contribution in [1.29, 1.82) is 0 Å². The van der Waals surface area contributed by atoms with Gasteiger partial charge in [0.05, 0.1) is 0 Å². The highest BCUT2D eigenvalue weighted by atomic mass is 16.4. The molecule has 0 aromatic heterocycles. The molecule has 0 heterocycles. The summed E-state index contributed by atoms with van der Waals surface area (Å²) < 4.78 is 0. The molecule has 5 heteroatoms. The van der Waals surface area contributed by atoms with Crippen LogP contribution in [0.1, 0.15) is 30.9 Å². The topological polar surface area (TPSA) is 83.6 Å². The largest absolute Gasteiger partial charge is 0.480 e. The maximum Gasteiger partial charge on any atom is 0.323 e. The molecule has 1 unspecified atom stereocenters. The predicted molar refractivity (Wildman–Crippen MR) is 70.4 cm³/mol. The van der Waals surface area contributed by atoms with Crippen LogP contribution < -0.4 is 5.73 Å². The summed E-state index contributed by atoms with van der Waals surface area (Å²) in [6.45, 7) is -0.231. The first-order chi connectivity index (χ1) is 9.08. The lowest BCUT2D eigenvalue weighted by molar-refractivity contribution is -0.145. The van der Waals surface area contributed by atoms with Gasteiger partial charge >= 0.3 is 5.97 Å². The van der Waals surface area contributed by atoms with E-state index in [9.17, 15) is 9.59 Å². The van der Waals surface area contributed by atoms with E-state index in [0.717, 1.165) is 18.4 Å².